The Labute approximate surface area is 93.9 Å². The maximum atomic E-state index is 8.81. The Morgan fingerprint density at radius 1 is 1.25 bits per heavy atom. The summed E-state index contributed by atoms with van der Waals surface area (Å²) in [5.74, 6) is 0.779. The molecule has 0 atom stereocenters. The van der Waals surface area contributed by atoms with Crippen molar-refractivity contribution in [1.29, 1.82) is 5.26 Å². The lowest BCUT2D eigenvalue weighted by atomic mass is 10.1. The van der Waals surface area contributed by atoms with Gasteiger partial charge in [0.1, 0.15) is 5.75 Å². The Bertz CT molecular complexity index is 544. The van der Waals surface area contributed by atoms with Gasteiger partial charge in [-0.3, -0.25) is 4.98 Å². The third-order valence-electron chi connectivity index (χ3n) is 2.25. The van der Waals surface area contributed by atoms with Gasteiger partial charge in [-0.25, -0.2) is 0 Å². The van der Waals surface area contributed by atoms with E-state index in [0.29, 0.717) is 5.56 Å². The van der Waals surface area contributed by atoms with Crippen LogP contribution in [0.3, 0.4) is 0 Å². The topological polar surface area (TPSA) is 45.9 Å². The molecule has 0 aliphatic carbocycles. The van der Waals surface area contributed by atoms with E-state index in [1.54, 1.807) is 25.4 Å². The standard InChI is InChI=1S/C13H10N2O/c1-16-12-4-2-3-11(8-12)13-7-10(9-14)5-6-15-13/h2-8H,1H3. The van der Waals surface area contributed by atoms with Crippen LogP contribution in [0.2, 0.25) is 0 Å². The van der Waals surface area contributed by atoms with Crippen molar-refractivity contribution in [3.05, 3.63) is 48.2 Å². The smallest absolute Gasteiger partial charge is 0.119 e. The van der Waals surface area contributed by atoms with Crippen LogP contribution in [-0.4, -0.2) is 12.1 Å². The average molecular weight is 210 g/mol. The predicted molar refractivity (Wildman–Crippen MR) is 60.9 cm³/mol. The molecular weight excluding hydrogens is 200 g/mol. The van der Waals surface area contributed by atoms with E-state index in [2.05, 4.69) is 11.1 Å². The molecule has 0 saturated heterocycles. The first kappa shape index (κ1) is 10.2. The number of ether oxygens (including phenoxy) is 1. The van der Waals surface area contributed by atoms with Crippen LogP contribution >= 0.6 is 0 Å². The summed E-state index contributed by atoms with van der Waals surface area (Å²) < 4.78 is 5.14. The van der Waals surface area contributed by atoms with Crippen molar-refractivity contribution in [1.82, 2.24) is 4.98 Å². The number of rotatable bonds is 2. The normalized spacial score (nSPS) is 9.50. The van der Waals surface area contributed by atoms with E-state index in [4.69, 9.17) is 10.00 Å². The highest BCUT2D eigenvalue weighted by Gasteiger charge is 2.01. The van der Waals surface area contributed by atoms with E-state index in [-0.39, 0.29) is 0 Å². The number of nitrogens with zero attached hydrogens (tertiary/aromatic N) is 2. The fourth-order valence-electron chi connectivity index (χ4n) is 1.44. The highest BCUT2D eigenvalue weighted by Crippen LogP contribution is 2.22. The van der Waals surface area contributed by atoms with Gasteiger partial charge in [0.2, 0.25) is 0 Å². The van der Waals surface area contributed by atoms with Gasteiger partial charge in [-0.2, -0.15) is 5.26 Å². The van der Waals surface area contributed by atoms with Crippen molar-refractivity contribution in [3.8, 4) is 23.1 Å². The summed E-state index contributed by atoms with van der Waals surface area (Å²) >= 11 is 0. The number of hydrogen-bond acceptors (Lipinski definition) is 3. The van der Waals surface area contributed by atoms with E-state index in [9.17, 15) is 0 Å². The lowest BCUT2D eigenvalue weighted by molar-refractivity contribution is 0.415. The van der Waals surface area contributed by atoms with Gasteiger partial charge >= 0.3 is 0 Å². The molecule has 2 aromatic rings. The monoisotopic (exact) mass is 210 g/mol. The third-order valence-corrected chi connectivity index (χ3v) is 2.25. The summed E-state index contributed by atoms with van der Waals surface area (Å²) in [6.45, 7) is 0. The second-order valence-electron chi connectivity index (χ2n) is 3.27. The molecule has 0 aliphatic heterocycles. The summed E-state index contributed by atoms with van der Waals surface area (Å²) in [6.07, 6.45) is 1.63. The van der Waals surface area contributed by atoms with Gasteiger partial charge in [0.25, 0.3) is 0 Å². The van der Waals surface area contributed by atoms with E-state index in [1.807, 2.05) is 24.3 Å². The highest BCUT2D eigenvalue weighted by molar-refractivity contribution is 5.62. The van der Waals surface area contributed by atoms with Crippen molar-refractivity contribution in [3.63, 3.8) is 0 Å². The molecule has 0 saturated carbocycles. The predicted octanol–water partition coefficient (Wildman–Crippen LogP) is 2.63. The Morgan fingerprint density at radius 3 is 2.88 bits per heavy atom. The Balaban J connectivity index is 2.46. The quantitative estimate of drug-likeness (QED) is 0.765. The van der Waals surface area contributed by atoms with Crippen molar-refractivity contribution in [2.45, 2.75) is 0 Å². The van der Waals surface area contributed by atoms with Gasteiger partial charge in [-0.15, -0.1) is 0 Å². The molecule has 0 unspecified atom stereocenters. The first-order chi connectivity index (χ1) is 7.83. The van der Waals surface area contributed by atoms with E-state index in [0.717, 1.165) is 17.0 Å². The Hall–Kier alpha value is -2.34. The van der Waals surface area contributed by atoms with Gasteiger partial charge in [-0.05, 0) is 24.3 Å². The van der Waals surface area contributed by atoms with Gasteiger partial charge < -0.3 is 4.74 Å². The van der Waals surface area contributed by atoms with Crippen LogP contribution in [0.1, 0.15) is 5.56 Å². The number of aromatic nitrogens is 1. The molecule has 1 aromatic heterocycles. The van der Waals surface area contributed by atoms with E-state index < -0.39 is 0 Å². The number of pyridine rings is 1. The summed E-state index contributed by atoms with van der Waals surface area (Å²) in [4.78, 5) is 4.23. The first-order valence-corrected chi connectivity index (χ1v) is 4.84. The molecule has 0 N–H and O–H groups in total. The average Bonchev–Trinajstić information content (AvgIpc) is 2.39. The van der Waals surface area contributed by atoms with Crippen LogP contribution in [0.15, 0.2) is 42.6 Å². The maximum Gasteiger partial charge on any atom is 0.119 e. The molecular formula is C13H10N2O. The Morgan fingerprint density at radius 2 is 2.12 bits per heavy atom. The molecule has 78 valence electrons. The zero-order valence-electron chi connectivity index (χ0n) is 8.84. The number of nitriles is 1. The van der Waals surface area contributed by atoms with Crippen LogP contribution < -0.4 is 4.74 Å². The molecule has 0 aliphatic rings. The van der Waals surface area contributed by atoms with Gasteiger partial charge in [0, 0.05) is 11.8 Å². The zero-order chi connectivity index (χ0) is 11.4. The molecule has 3 nitrogen and oxygen atoms in total. The first-order valence-electron chi connectivity index (χ1n) is 4.84. The van der Waals surface area contributed by atoms with Gasteiger partial charge in [0.05, 0.1) is 24.4 Å². The van der Waals surface area contributed by atoms with Crippen LogP contribution in [0.5, 0.6) is 5.75 Å². The molecule has 0 fully saturated rings. The molecule has 2 rings (SSSR count). The molecule has 0 spiro atoms. The lowest BCUT2D eigenvalue weighted by Crippen LogP contribution is -1.87. The summed E-state index contributed by atoms with van der Waals surface area (Å²) in [6, 6.07) is 13.1. The molecule has 3 heteroatoms. The van der Waals surface area contributed by atoms with Crippen LogP contribution in [0.25, 0.3) is 11.3 Å². The molecule has 0 bridgehead atoms. The van der Waals surface area contributed by atoms with Crippen LogP contribution in [-0.2, 0) is 0 Å². The second kappa shape index (κ2) is 4.45. The fraction of sp³-hybridized carbons (Fsp3) is 0.0769. The molecule has 1 heterocycles. The number of benzene rings is 1. The lowest BCUT2D eigenvalue weighted by Gasteiger charge is -2.03. The second-order valence-corrected chi connectivity index (χ2v) is 3.27. The Kier molecular flexibility index (Phi) is 2.84. The van der Waals surface area contributed by atoms with Crippen molar-refractivity contribution in [2.75, 3.05) is 7.11 Å². The minimum atomic E-state index is 0.604. The van der Waals surface area contributed by atoms with Crippen LogP contribution in [0, 0.1) is 11.3 Å². The number of hydrogen-bond donors (Lipinski definition) is 0. The van der Waals surface area contributed by atoms with Gasteiger partial charge in [-0.1, -0.05) is 12.1 Å². The molecule has 0 radical (unpaired) electrons. The van der Waals surface area contributed by atoms with E-state index >= 15 is 0 Å². The summed E-state index contributed by atoms with van der Waals surface area (Å²) in [7, 11) is 1.62. The van der Waals surface area contributed by atoms with Crippen molar-refractivity contribution < 1.29 is 4.74 Å². The fourth-order valence-corrected chi connectivity index (χ4v) is 1.44. The van der Waals surface area contributed by atoms with Crippen LogP contribution in [0.4, 0.5) is 0 Å². The van der Waals surface area contributed by atoms with Crippen molar-refractivity contribution >= 4 is 0 Å². The summed E-state index contributed by atoms with van der Waals surface area (Å²) in [5, 5.41) is 8.81. The minimum Gasteiger partial charge on any atom is -0.497 e. The van der Waals surface area contributed by atoms with E-state index in [1.165, 1.54) is 0 Å². The zero-order valence-corrected chi connectivity index (χ0v) is 8.84. The number of methoxy groups -OCH3 is 1. The summed E-state index contributed by atoms with van der Waals surface area (Å²) in [5.41, 5.74) is 2.32. The molecule has 0 amide bonds. The molecule has 1 aromatic carbocycles. The maximum absolute atomic E-state index is 8.81. The van der Waals surface area contributed by atoms with Crippen molar-refractivity contribution in [2.24, 2.45) is 0 Å². The minimum absolute atomic E-state index is 0.604. The van der Waals surface area contributed by atoms with Gasteiger partial charge in [0.15, 0.2) is 0 Å². The highest BCUT2D eigenvalue weighted by atomic mass is 16.5. The largest absolute Gasteiger partial charge is 0.497 e. The third kappa shape index (κ3) is 2.01. The SMILES string of the molecule is COc1cccc(-c2cc(C#N)ccn2)c1. The molecule has 16 heavy (non-hydrogen) atoms.